The highest BCUT2D eigenvalue weighted by atomic mass is 16.2. The van der Waals surface area contributed by atoms with Crippen LogP contribution in [0.15, 0.2) is 24.3 Å². The van der Waals surface area contributed by atoms with Crippen LogP contribution in [0.5, 0.6) is 0 Å². The minimum atomic E-state index is -0.600. The molecule has 2 fully saturated rings. The number of nitrogens with one attached hydrogen (secondary N) is 2. The van der Waals surface area contributed by atoms with Gasteiger partial charge in [-0.05, 0) is 43.9 Å². The first kappa shape index (κ1) is 16.8. The largest absolute Gasteiger partial charge is 0.352 e. The lowest BCUT2D eigenvalue weighted by Crippen LogP contribution is -2.44. The van der Waals surface area contributed by atoms with Crippen molar-refractivity contribution in [1.29, 1.82) is 0 Å². The minimum Gasteiger partial charge on any atom is -0.352 e. The molecule has 3 rings (SSSR count). The van der Waals surface area contributed by atoms with Gasteiger partial charge in [0.15, 0.2) is 0 Å². The van der Waals surface area contributed by atoms with E-state index < -0.39 is 6.03 Å². The molecule has 0 aromatic heterocycles. The summed E-state index contributed by atoms with van der Waals surface area (Å²) in [7, 11) is 0. The van der Waals surface area contributed by atoms with Crippen LogP contribution >= 0.6 is 0 Å². The number of rotatable bonds is 4. The van der Waals surface area contributed by atoms with Crippen molar-refractivity contribution in [3.8, 4) is 0 Å². The number of urea groups is 1. The number of carbonyl (C=O) groups excluding carboxylic acids is 2. The highest BCUT2D eigenvalue weighted by Crippen LogP contribution is 2.30. The molecule has 3 atom stereocenters. The van der Waals surface area contributed by atoms with Gasteiger partial charge in [0.1, 0.15) is 0 Å². The molecule has 2 saturated heterocycles. The van der Waals surface area contributed by atoms with E-state index in [9.17, 15) is 9.59 Å². The summed E-state index contributed by atoms with van der Waals surface area (Å²) in [6.07, 6.45) is 3.39. The Morgan fingerprint density at radius 1 is 1.29 bits per heavy atom. The third-order valence-corrected chi connectivity index (χ3v) is 5.20. The maximum atomic E-state index is 13.0. The molecule has 0 spiro atoms. The molecule has 4 N–H and O–H groups in total. The topological polar surface area (TPSA) is 87.5 Å². The molecule has 0 saturated carbocycles. The fourth-order valence-electron chi connectivity index (χ4n) is 4.06. The molecular formula is C18H26N4O2. The maximum Gasteiger partial charge on any atom is 0.312 e. The number of nitrogens with two attached hydrogens (primary N) is 1. The van der Waals surface area contributed by atoms with Gasteiger partial charge < -0.3 is 21.3 Å². The number of carbonyl (C=O) groups is 2. The first-order valence-corrected chi connectivity index (χ1v) is 8.69. The zero-order valence-electron chi connectivity index (χ0n) is 14.1. The van der Waals surface area contributed by atoms with E-state index in [4.69, 9.17) is 5.73 Å². The second-order valence-electron chi connectivity index (χ2n) is 6.80. The van der Waals surface area contributed by atoms with Gasteiger partial charge in [0, 0.05) is 18.6 Å². The smallest absolute Gasteiger partial charge is 0.312 e. The van der Waals surface area contributed by atoms with Gasteiger partial charge in [-0.15, -0.1) is 0 Å². The van der Waals surface area contributed by atoms with Crippen LogP contribution < -0.4 is 16.4 Å². The van der Waals surface area contributed by atoms with Crippen molar-refractivity contribution in [2.24, 2.45) is 5.73 Å². The first-order chi connectivity index (χ1) is 11.6. The summed E-state index contributed by atoms with van der Waals surface area (Å²) in [6, 6.07) is 7.41. The Hall–Kier alpha value is -2.08. The average molecular weight is 330 g/mol. The number of nitrogens with zero attached hydrogens (tertiary/aromatic N) is 1. The molecule has 0 aliphatic carbocycles. The second-order valence-corrected chi connectivity index (χ2v) is 6.80. The van der Waals surface area contributed by atoms with Gasteiger partial charge in [-0.3, -0.25) is 4.79 Å². The molecule has 6 nitrogen and oxygen atoms in total. The second kappa shape index (κ2) is 7.21. The third kappa shape index (κ3) is 3.53. The molecule has 3 amide bonds. The Kier molecular flexibility index (Phi) is 5.04. The Labute approximate surface area is 142 Å². The lowest BCUT2D eigenvalue weighted by atomic mass is 9.98. The Balaban J connectivity index is 1.78. The van der Waals surface area contributed by atoms with Crippen molar-refractivity contribution in [2.75, 3.05) is 13.1 Å². The van der Waals surface area contributed by atoms with E-state index in [2.05, 4.69) is 10.6 Å². The van der Waals surface area contributed by atoms with E-state index in [1.807, 2.05) is 36.1 Å². The lowest BCUT2D eigenvalue weighted by Gasteiger charge is -2.30. The number of amides is 3. The molecule has 0 radical (unpaired) electrons. The number of hydrogen-bond acceptors (Lipinski definition) is 3. The Bertz CT molecular complexity index is 605. The highest BCUT2D eigenvalue weighted by molar-refractivity contribution is 5.80. The summed E-state index contributed by atoms with van der Waals surface area (Å²) >= 11 is 0. The molecule has 2 heterocycles. The fourth-order valence-corrected chi connectivity index (χ4v) is 4.06. The van der Waals surface area contributed by atoms with Crippen molar-refractivity contribution < 1.29 is 9.59 Å². The minimum absolute atomic E-state index is 0.105. The van der Waals surface area contributed by atoms with E-state index >= 15 is 0 Å². The molecular weight excluding hydrogens is 304 g/mol. The van der Waals surface area contributed by atoms with Crippen LogP contribution in [0.25, 0.3) is 0 Å². The lowest BCUT2D eigenvalue weighted by molar-refractivity contribution is -0.134. The Morgan fingerprint density at radius 2 is 2.04 bits per heavy atom. The van der Waals surface area contributed by atoms with Crippen LogP contribution in [0, 0.1) is 6.92 Å². The first-order valence-electron chi connectivity index (χ1n) is 8.69. The predicted molar refractivity (Wildman–Crippen MR) is 92.4 cm³/mol. The van der Waals surface area contributed by atoms with Gasteiger partial charge in [0.2, 0.25) is 5.91 Å². The van der Waals surface area contributed by atoms with E-state index in [1.54, 1.807) is 0 Å². The van der Waals surface area contributed by atoms with Gasteiger partial charge in [-0.1, -0.05) is 24.3 Å². The van der Waals surface area contributed by atoms with E-state index in [-0.39, 0.29) is 24.4 Å². The number of primary amides is 1. The molecule has 130 valence electrons. The SMILES string of the molecule is Cc1ccccc1C(CC(=O)N1C2CCNCC1CC2)NC(N)=O. The molecule has 3 unspecified atom stereocenters. The molecule has 2 bridgehead atoms. The molecule has 1 aromatic rings. The standard InChI is InChI=1S/C18H26N4O2/c1-12-4-2-3-5-15(12)16(21-18(19)24)10-17(23)22-13-6-7-14(22)11-20-9-8-13/h2-5,13-14,16,20H,6-11H2,1H3,(H3,19,21,24). The van der Waals surface area contributed by atoms with Crippen LogP contribution in [-0.2, 0) is 4.79 Å². The Morgan fingerprint density at radius 3 is 2.79 bits per heavy atom. The predicted octanol–water partition coefficient (Wildman–Crippen LogP) is 1.45. The summed E-state index contributed by atoms with van der Waals surface area (Å²) in [5, 5.41) is 6.15. The summed E-state index contributed by atoms with van der Waals surface area (Å²) in [5.41, 5.74) is 7.34. The molecule has 2 aliphatic heterocycles. The molecule has 6 heteroatoms. The van der Waals surface area contributed by atoms with E-state index in [0.717, 1.165) is 43.5 Å². The summed E-state index contributed by atoms with van der Waals surface area (Å²) in [5.74, 6) is 0.105. The zero-order valence-corrected chi connectivity index (χ0v) is 14.1. The van der Waals surface area contributed by atoms with Gasteiger partial charge in [0.05, 0.1) is 12.5 Å². The normalized spacial score (nSPS) is 24.3. The van der Waals surface area contributed by atoms with Crippen molar-refractivity contribution in [3.05, 3.63) is 35.4 Å². The van der Waals surface area contributed by atoms with E-state index in [0.29, 0.717) is 6.04 Å². The van der Waals surface area contributed by atoms with Gasteiger partial charge in [-0.2, -0.15) is 0 Å². The fraction of sp³-hybridized carbons (Fsp3) is 0.556. The van der Waals surface area contributed by atoms with Crippen LogP contribution in [-0.4, -0.2) is 42.0 Å². The van der Waals surface area contributed by atoms with Crippen molar-refractivity contribution >= 4 is 11.9 Å². The van der Waals surface area contributed by atoms with Gasteiger partial charge >= 0.3 is 6.03 Å². The monoisotopic (exact) mass is 330 g/mol. The molecule has 24 heavy (non-hydrogen) atoms. The van der Waals surface area contributed by atoms with Crippen LogP contribution in [0.3, 0.4) is 0 Å². The van der Waals surface area contributed by atoms with E-state index in [1.165, 1.54) is 0 Å². The summed E-state index contributed by atoms with van der Waals surface area (Å²) < 4.78 is 0. The quantitative estimate of drug-likeness (QED) is 0.781. The van der Waals surface area contributed by atoms with Gasteiger partial charge in [-0.25, -0.2) is 4.79 Å². The molecule has 2 aliphatic rings. The number of fused-ring (bicyclic) bond motifs is 2. The summed E-state index contributed by atoms with van der Waals surface area (Å²) in [6.45, 7) is 3.81. The van der Waals surface area contributed by atoms with Gasteiger partial charge in [0.25, 0.3) is 0 Å². The average Bonchev–Trinajstić information content (AvgIpc) is 2.79. The molecule has 1 aromatic carbocycles. The zero-order chi connectivity index (χ0) is 17.1. The van der Waals surface area contributed by atoms with Crippen molar-refractivity contribution in [3.63, 3.8) is 0 Å². The highest BCUT2D eigenvalue weighted by Gasteiger charge is 2.38. The maximum absolute atomic E-state index is 13.0. The number of benzene rings is 1. The number of hydrogen-bond donors (Lipinski definition) is 3. The summed E-state index contributed by atoms with van der Waals surface area (Å²) in [4.78, 5) is 26.5. The third-order valence-electron chi connectivity index (χ3n) is 5.20. The van der Waals surface area contributed by atoms with Crippen LogP contribution in [0.4, 0.5) is 4.79 Å². The van der Waals surface area contributed by atoms with Crippen molar-refractivity contribution in [2.45, 2.75) is 50.7 Å². The van der Waals surface area contributed by atoms with Crippen LogP contribution in [0.2, 0.25) is 0 Å². The van der Waals surface area contributed by atoms with Crippen LogP contribution in [0.1, 0.15) is 42.9 Å². The van der Waals surface area contributed by atoms with Crippen molar-refractivity contribution in [1.82, 2.24) is 15.5 Å². The number of aryl methyl sites for hydroxylation is 1.